The van der Waals surface area contributed by atoms with Crippen LogP contribution in [0.5, 0.6) is 0 Å². The standard InChI is InChI=1S/C12H16BrNO2/c13-11-4-10(6-14-7-11)5-12(8-15)2-1-3-16-9-12/h4,6-7,15H,1-3,5,8-9H2. The molecule has 2 heterocycles. The van der Waals surface area contributed by atoms with Crippen LogP contribution < -0.4 is 0 Å². The molecule has 0 radical (unpaired) electrons. The molecular formula is C12H16BrNO2. The van der Waals surface area contributed by atoms with Gasteiger partial charge in [-0.05, 0) is 46.8 Å². The summed E-state index contributed by atoms with van der Waals surface area (Å²) >= 11 is 3.41. The minimum Gasteiger partial charge on any atom is -0.396 e. The highest BCUT2D eigenvalue weighted by atomic mass is 79.9. The maximum absolute atomic E-state index is 9.56. The van der Waals surface area contributed by atoms with Crippen LogP contribution >= 0.6 is 15.9 Å². The van der Waals surface area contributed by atoms with Crippen LogP contribution in [0.4, 0.5) is 0 Å². The van der Waals surface area contributed by atoms with Gasteiger partial charge in [-0.2, -0.15) is 0 Å². The SMILES string of the molecule is OCC1(Cc2cncc(Br)c2)CCCOC1. The van der Waals surface area contributed by atoms with Gasteiger partial charge in [-0.3, -0.25) is 4.98 Å². The van der Waals surface area contributed by atoms with Gasteiger partial charge in [-0.25, -0.2) is 0 Å². The molecule has 1 aromatic rings. The number of nitrogens with zero attached hydrogens (tertiary/aromatic N) is 1. The molecule has 0 aromatic carbocycles. The minimum absolute atomic E-state index is 0.110. The van der Waals surface area contributed by atoms with Gasteiger partial charge in [0.05, 0.1) is 13.2 Å². The average Bonchev–Trinajstić information content (AvgIpc) is 2.30. The van der Waals surface area contributed by atoms with Crippen LogP contribution in [0.2, 0.25) is 0 Å². The largest absolute Gasteiger partial charge is 0.396 e. The number of hydrogen-bond acceptors (Lipinski definition) is 3. The van der Waals surface area contributed by atoms with Crippen molar-refractivity contribution >= 4 is 15.9 Å². The second kappa shape index (κ2) is 5.25. The fraction of sp³-hybridized carbons (Fsp3) is 0.583. The Bertz CT molecular complexity index is 351. The topological polar surface area (TPSA) is 42.4 Å². The normalized spacial score (nSPS) is 25.6. The zero-order chi connectivity index (χ0) is 11.4. The van der Waals surface area contributed by atoms with Gasteiger partial charge in [-0.1, -0.05) is 0 Å². The van der Waals surface area contributed by atoms with Crippen LogP contribution in [0.1, 0.15) is 18.4 Å². The van der Waals surface area contributed by atoms with Gasteiger partial charge >= 0.3 is 0 Å². The molecule has 88 valence electrons. The molecule has 1 atom stereocenters. The third-order valence-electron chi connectivity index (χ3n) is 3.08. The van der Waals surface area contributed by atoms with Crippen LogP contribution in [0.25, 0.3) is 0 Å². The Hall–Kier alpha value is -0.450. The Kier molecular flexibility index (Phi) is 3.95. The van der Waals surface area contributed by atoms with Crippen molar-refractivity contribution < 1.29 is 9.84 Å². The summed E-state index contributed by atoms with van der Waals surface area (Å²) in [5.74, 6) is 0. The highest BCUT2D eigenvalue weighted by Gasteiger charge is 2.32. The van der Waals surface area contributed by atoms with E-state index in [4.69, 9.17) is 4.74 Å². The van der Waals surface area contributed by atoms with Gasteiger partial charge in [-0.15, -0.1) is 0 Å². The molecule has 1 aromatic heterocycles. The van der Waals surface area contributed by atoms with E-state index in [2.05, 4.69) is 27.0 Å². The fourth-order valence-electron chi connectivity index (χ4n) is 2.22. The van der Waals surface area contributed by atoms with Crippen molar-refractivity contribution in [3.05, 3.63) is 28.5 Å². The highest BCUT2D eigenvalue weighted by Crippen LogP contribution is 2.32. The molecule has 16 heavy (non-hydrogen) atoms. The quantitative estimate of drug-likeness (QED) is 0.926. The molecule has 3 nitrogen and oxygen atoms in total. The third-order valence-corrected chi connectivity index (χ3v) is 3.51. The van der Waals surface area contributed by atoms with Crippen molar-refractivity contribution in [2.45, 2.75) is 19.3 Å². The zero-order valence-corrected chi connectivity index (χ0v) is 10.7. The molecule has 1 aliphatic rings. The summed E-state index contributed by atoms with van der Waals surface area (Å²) in [5.41, 5.74) is 1.04. The first kappa shape index (κ1) is 12.0. The lowest BCUT2D eigenvalue weighted by Gasteiger charge is -2.35. The van der Waals surface area contributed by atoms with Crippen molar-refractivity contribution in [1.82, 2.24) is 4.98 Å². The number of aliphatic hydroxyl groups is 1. The Balaban J connectivity index is 2.11. The Morgan fingerprint density at radius 3 is 3.00 bits per heavy atom. The van der Waals surface area contributed by atoms with Crippen molar-refractivity contribution in [2.24, 2.45) is 5.41 Å². The first-order chi connectivity index (χ1) is 7.74. The van der Waals surface area contributed by atoms with Crippen molar-refractivity contribution in [3.63, 3.8) is 0 Å². The van der Waals surface area contributed by atoms with Crippen LogP contribution in [-0.4, -0.2) is 29.9 Å². The molecule has 4 heteroatoms. The number of aliphatic hydroxyl groups excluding tert-OH is 1. The lowest BCUT2D eigenvalue weighted by molar-refractivity contribution is -0.0379. The second-order valence-corrected chi connectivity index (χ2v) is 5.42. The number of halogens is 1. The van der Waals surface area contributed by atoms with E-state index < -0.39 is 0 Å². The maximum Gasteiger partial charge on any atom is 0.0547 e. The van der Waals surface area contributed by atoms with Crippen LogP contribution in [0, 0.1) is 5.41 Å². The van der Waals surface area contributed by atoms with Gasteiger partial charge in [0.25, 0.3) is 0 Å². The van der Waals surface area contributed by atoms with Gasteiger partial charge in [0.2, 0.25) is 0 Å². The maximum atomic E-state index is 9.56. The molecule has 1 aliphatic heterocycles. The molecule has 0 saturated carbocycles. The number of ether oxygens (including phenoxy) is 1. The summed E-state index contributed by atoms with van der Waals surface area (Å²) in [6.45, 7) is 1.65. The Labute approximate surface area is 104 Å². The second-order valence-electron chi connectivity index (χ2n) is 4.50. The predicted octanol–water partition coefficient (Wildman–Crippen LogP) is 2.18. The molecule has 0 spiro atoms. The third kappa shape index (κ3) is 2.81. The fourth-order valence-corrected chi connectivity index (χ4v) is 2.63. The molecular weight excluding hydrogens is 270 g/mol. The molecule has 0 amide bonds. The molecule has 1 N–H and O–H groups in total. The first-order valence-electron chi connectivity index (χ1n) is 5.52. The average molecular weight is 286 g/mol. The summed E-state index contributed by atoms with van der Waals surface area (Å²) < 4.78 is 6.47. The van der Waals surface area contributed by atoms with Gasteiger partial charge in [0.15, 0.2) is 0 Å². The van der Waals surface area contributed by atoms with E-state index in [0.717, 1.165) is 35.9 Å². The van der Waals surface area contributed by atoms with E-state index in [9.17, 15) is 5.11 Å². The van der Waals surface area contributed by atoms with Crippen LogP contribution in [-0.2, 0) is 11.2 Å². The number of pyridine rings is 1. The molecule has 1 unspecified atom stereocenters. The van der Waals surface area contributed by atoms with E-state index in [1.54, 1.807) is 6.20 Å². The predicted molar refractivity (Wildman–Crippen MR) is 65.2 cm³/mol. The van der Waals surface area contributed by atoms with Gasteiger partial charge in [0.1, 0.15) is 0 Å². The van der Waals surface area contributed by atoms with E-state index in [-0.39, 0.29) is 12.0 Å². The zero-order valence-electron chi connectivity index (χ0n) is 9.16. The van der Waals surface area contributed by atoms with Gasteiger partial charge < -0.3 is 9.84 Å². The Morgan fingerprint density at radius 2 is 2.38 bits per heavy atom. The molecule has 1 fully saturated rings. The summed E-state index contributed by atoms with van der Waals surface area (Å²) in [4.78, 5) is 4.15. The summed E-state index contributed by atoms with van der Waals surface area (Å²) in [6.07, 6.45) is 6.51. The van der Waals surface area contributed by atoms with E-state index in [0.29, 0.717) is 6.61 Å². The van der Waals surface area contributed by atoms with Crippen molar-refractivity contribution in [3.8, 4) is 0 Å². The van der Waals surface area contributed by atoms with Gasteiger partial charge in [0, 0.05) is 28.9 Å². The lowest BCUT2D eigenvalue weighted by Crippen LogP contribution is -2.37. The number of aromatic nitrogens is 1. The first-order valence-corrected chi connectivity index (χ1v) is 6.31. The minimum atomic E-state index is -0.110. The summed E-state index contributed by atoms with van der Waals surface area (Å²) in [5, 5.41) is 9.56. The van der Waals surface area contributed by atoms with Crippen LogP contribution in [0.15, 0.2) is 22.9 Å². The number of rotatable bonds is 3. The highest BCUT2D eigenvalue weighted by molar-refractivity contribution is 9.10. The molecule has 0 bridgehead atoms. The van der Waals surface area contributed by atoms with Crippen molar-refractivity contribution in [2.75, 3.05) is 19.8 Å². The summed E-state index contributed by atoms with van der Waals surface area (Å²) in [6, 6.07) is 2.05. The smallest absolute Gasteiger partial charge is 0.0547 e. The Morgan fingerprint density at radius 1 is 1.50 bits per heavy atom. The van der Waals surface area contributed by atoms with E-state index in [1.807, 2.05) is 6.20 Å². The molecule has 1 saturated heterocycles. The number of hydrogen-bond donors (Lipinski definition) is 1. The van der Waals surface area contributed by atoms with Crippen LogP contribution in [0.3, 0.4) is 0 Å². The van der Waals surface area contributed by atoms with Crippen molar-refractivity contribution in [1.29, 1.82) is 0 Å². The monoisotopic (exact) mass is 285 g/mol. The molecule has 2 rings (SSSR count). The van der Waals surface area contributed by atoms with E-state index >= 15 is 0 Å². The molecule has 0 aliphatic carbocycles. The van der Waals surface area contributed by atoms with E-state index in [1.165, 1.54) is 0 Å². The summed E-state index contributed by atoms with van der Waals surface area (Å²) in [7, 11) is 0. The lowest BCUT2D eigenvalue weighted by atomic mass is 9.78.